The van der Waals surface area contributed by atoms with Gasteiger partial charge in [-0.3, -0.25) is 4.90 Å². The molecule has 0 saturated carbocycles. The SMILES string of the molecule is C1=CC(c2cccc(-c3nc(-c4ccccc4)cc(-c4cccc(-n5c6c(c7ccccc75)C=C5C(C6)C6=C(CCC=C6)N5c5nc(-c6ccccc6)nc(-c6ccccc6)n5)c4)n3)c2)=CCC1. The van der Waals surface area contributed by atoms with Gasteiger partial charge in [0.05, 0.1) is 16.9 Å². The van der Waals surface area contributed by atoms with Crippen LogP contribution in [-0.4, -0.2) is 29.5 Å². The lowest BCUT2D eigenvalue weighted by atomic mass is 9.85. The highest BCUT2D eigenvalue weighted by Crippen LogP contribution is 2.50. The molecule has 0 bridgehead atoms. The average Bonchev–Trinajstić information content (AvgIpc) is 3.93. The van der Waals surface area contributed by atoms with Crippen molar-refractivity contribution >= 4 is 28.5 Å². The summed E-state index contributed by atoms with van der Waals surface area (Å²) in [7, 11) is 0. The zero-order valence-electron chi connectivity index (χ0n) is 37.4. The lowest BCUT2D eigenvalue weighted by molar-refractivity contribution is 0.700. The predicted molar refractivity (Wildman–Crippen MR) is 275 cm³/mol. The van der Waals surface area contributed by atoms with Crippen LogP contribution in [0.15, 0.2) is 217 Å². The summed E-state index contributed by atoms with van der Waals surface area (Å²) in [5, 5.41) is 1.21. The van der Waals surface area contributed by atoms with Gasteiger partial charge in [-0.2, -0.15) is 9.97 Å². The molecule has 0 spiro atoms. The van der Waals surface area contributed by atoms with E-state index in [1.165, 1.54) is 50.3 Å². The molecule has 7 nitrogen and oxygen atoms in total. The number of allylic oxidation sites excluding steroid dienone is 8. The van der Waals surface area contributed by atoms with Crippen molar-refractivity contribution in [2.45, 2.75) is 32.1 Å². The van der Waals surface area contributed by atoms with Crippen LogP contribution in [0.5, 0.6) is 0 Å². The van der Waals surface area contributed by atoms with E-state index in [0.717, 1.165) is 77.0 Å². The van der Waals surface area contributed by atoms with Gasteiger partial charge in [-0.1, -0.05) is 170 Å². The number of anilines is 1. The van der Waals surface area contributed by atoms with Crippen LogP contribution in [0.3, 0.4) is 0 Å². The molecular formula is C61H45N7. The summed E-state index contributed by atoms with van der Waals surface area (Å²) >= 11 is 0. The Morgan fingerprint density at radius 2 is 1.12 bits per heavy atom. The summed E-state index contributed by atoms with van der Waals surface area (Å²) in [4.78, 5) is 28.5. The highest BCUT2D eigenvalue weighted by Gasteiger charge is 2.42. The van der Waals surface area contributed by atoms with E-state index in [4.69, 9.17) is 24.9 Å². The van der Waals surface area contributed by atoms with E-state index in [9.17, 15) is 0 Å². The van der Waals surface area contributed by atoms with Crippen molar-refractivity contribution in [3.63, 3.8) is 0 Å². The lowest BCUT2D eigenvalue weighted by Crippen LogP contribution is -2.25. The minimum absolute atomic E-state index is 0.117. The number of hydrogen-bond acceptors (Lipinski definition) is 6. The van der Waals surface area contributed by atoms with E-state index in [0.29, 0.717) is 23.4 Å². The molecule has 7 heteroatoms. The van der Waals surface area contributed by atoms with Gasteiger partial charge in [0.2, 0.25) is 5.95 Å². The predicted octanol–water partition coefficient (Wildman–Crippen LogP) is 14.3. The van der Waals surface area contributed by atoms with Crippen molar-refractivity contribution in [1.29, 1.82) is 0 Å². The molecule has 0 radical (unpaired) electrons. The molecule has 0 fully saturated rings. The van der Waals surface area contributed by atoms with Gasteiger partial charge in [0, 0.05) is 73.9 Å². The first-order valence-electron chi connectivity index (χ1n) is 23.6. The molecule has 68 heavy (non-hydrogen) atoms. The summed E-state index contributed by atoms with van der Waals surface area (Å²) in [5.74, 6) is 2.80. The van der Waals surface area contributed by atoms with Crippen molar-refractivity contribution in [1.82, 2.24) is 29.5 Å². The Morgan fingerprint density at radius 1 is 0.485 bits per heavy atom. The minimum Gasteiger partial charge on any atom is -0.313 e. The molecule has 0 saturated heterocycles. The number of hydrogen-bond donors (Lipinski definition) is 0. The molecule has 0 N–H and O–H groups in total. The van der Waals surface area contributed by atoms with E-state index in [2.05, 4.69) is 173 Å². The zero-order chi connectivity index (χ0) is 45.0. The Labute approximate surface area is 395 Å². The fourth-order valence-electron chi connectivity index (χ4n) is 10.5. The molecule has 4 heterocycles. The highest BCUT2D eigenvalue weighted by atomic mass is 15.3. The number of aromatic nitrogens is 6. The Kier molecular flexibility index (Phi) is 9.78. The highest BCUT2D eigenvalue weighted by molar-refractivity contribution is 5.95. The van der Waals surface area contributed by atoms with Crippen LogP contribution in [0.25, 0.3) is 84.9 Å². The van der Waals surface area contributed by atoms with E-state index in [1.54, 1.807) is 0 Å². The second-order valence-electron chi connectivity index (χ2n) is 17.8. The van der Waals surface area contributed by atoms with Gasteiger partial charge < -0.3 is 4.57 Å². The van der Waals surface area contributed by atoms with Gasteiger partial charge in [0.15, 0.2) is 17.5 Å². The molecule has 6 aromatic carbocycles. The van der Waals surface area contributed by atoms with Crippen molar-refractivity contribution < 1.29 is 0 Å². The maximum Gasteiger partial charge on any atom is 0.238 e. The molecule has 13 rings (SSSR count). The normalized spacial score (nSPS) is 16.1. The maximum atomic E-state index is 5.33. The number of benzene rings is 6. The number of nitrogens with zero attached hydrogens (tertiary/aromatic N) is 7. The van der Waals surface area contributed by atoms with Gasteiger partial charge in [0.1, 0.15) is 0 Å². The van der Waals surface area contributed by atoms with Gasteiger partial charge in [-0.15, -0.1) is 0 Å². The van der Waals surface area contributed by atoms with Crippen molar-refractivity contribution in [3.8, 4) is 62.4 Å². The van der Waals surface area contributed by atoms with E-state index < -0.39 is 0 Å². The summed E-state index contributed by atoms with van der Waals surface area (Å²) in [6.45, 7) is 0. The van der Waals surface area contributed by atoms with Crippen molar-refractivity contribution in [2.75, 3.05) is 4.90 Å². The van der Waals surface area contributed by atoms with Gasteiger partial charge in [-0.05, 0) is 78.8 Å². The summed E-state index contributed by atoms with van der Waals surface area (Å²) in [5.41, 5.74) is 17.8. The number of rotatable bonds is 8. The third kappa shape index (κ3) is 7.02. The lowest BCUT2D eigenvalue weighted by Gasteiger charge is -2.28. The Hall–Kier alpha value is -8.55. The van der Waals surface area contributed by atoms with Crippen LogP contribution in [0.2, 0.25) is 0 Å². The minimum atomic E-state index is 0.117. The molecule has 324 valence electrons. The second kappa shape index (κ2) is 16.7. The average molecular weight is 876 g/mol. The molecule has 3 aromatic heterocycles. The molecular weight excluding hydrogens is 831 g/mol. The van der Waals surface area contributed by atoms with Gasteiger partial charge in [-0.25, -0.2) is 15.0 Å². The van der Waals surface area contributed by atoms with E-state index in [-0.39, 0.29) is 5.92 Å². The Balaban J connectivity index is 0.947. The quantitative estimate of drug-likeness (QED) is 0.151. The molecule has 1 atom stereocenters. The topological polar surface area (TPSA) is 72.6 Å². The van der Waals surface area contributed by atoms with Crippen LogP contribution < -0.4 is 4.90 Å². The fraction of sp³-hybridized carbons (Fsp3) is 0.0984. The first kappa shape index (κ1) is 39.8. The van der Waals surface area contributed by atoms with Crippen LogP contribution in [-0.2, 0) is 6.42 Å². The van der Waals surface area contributed by atoms with Crippen LogP contribution in [0.1, 0.15) is 42.5 Å². The first-order chi connectivity index (χ1) is 33.7. The third-order valence-electron chi connectivity index (χ3n) is 13.7. The second-order valence-corrected chi connectivity index (χ2v) is 17.8. The number of para-hydroxylation sites is 1. The molecule has 9 aromatic rings. The molecule has 4 aliphatic rings. The van der Waals surface area contributed by atoms with Crippen molar-refractivity contribution in [3.05, 3.63) is 234 Å². The van der Waals surface area contributed by atoms with Crippen LogP contribution >= 0.6 is 0 Å². The molecule has 1 unspecified atom stereocenters. The summed E-state index contributed by atoms with van der Waals surface area (Å²) in [6, 6.07) is 59.4. The monoisotopic (exact) mass is 875 g/mol. The first-order valence-corrected chi connectivity index (χ1v) is 23.6. The Bertz CT molecular complexity index is 3540. The van der Waals surface area contributed by atoms with Crippen LogP contribution in [0.4, 0.5) is 5.95 Å². The number of fused-ring (bicyclic) bond motifs is 5. The van der Waals surface area contributed by atoms with Crippen molar-refractivity contribution in [2.24, 2.45) is 5.92 Å². The smallest absolute Gasteiger partial charge is 0.238 e. The van der Waals surface area contributed by atoms with Gasteiger partial charge >= 0.3 is 0 Å². The summed E-state index contributed by atoms with van der Waals surface area (Å²) in [6.07, 6.45) is 18.7. The largest absolute Gasteiger partial charge is 0.313 e. The van der Waals surface area contributed by atoms with E-state index in [1.807, 2.05) is 42.5 Å². The molecule has 0 amide bonds. The third-order valence-corrected chi connectivity index (χ3v) is 13.7. The molecule has 1 aliphatic heterocycles. The van der Waals surface area contributed by atoms with Gasteiger partial charge in [0.25, 0.3) is 0 Å². The fourth-order valence-corrected chi connectivity index (χ4v) is 10.5. The van der Waals surface area contributed by atoms with Crippen LogP contribution in [0, 0.1) is 5.92 Å². The standard InChI is InChI=1S/C61H45N7/c1-5-19-40(20-6-1)44-27-17-29-46(35-44)60-62-52(41-21-7-2-8-22-41)39-53(63-60)45-28-18-30-47(36-45)67-54-33-15-13-31-48(54)50-38-57-51(37-56(50)67)49-32-14-16-34-55(49)68(57)61-65-58(42-23-9-3-10-24-42)64-59(66-61)43-25-11-4-12-26-43/h2-5,7-15,17-33,35-36,38-39,51H,1,6,16,34,37H2. The zero-order valence-corrected chi connectivity index (χ0v) is 37.4. The maximum absolute atomic E-state index is 5.33. The Morgan fingerprint density at radius 3 is 1.87 bits per heavy atom. The van der Waals surface area contributed by atoms with E-state index >= 15 is 0 Å². The molecule has 3 aliphatic carbocycles. The summed E-state index contributed by atoms with van der Waals surface area (Å²) < 4.78 is 2.48.